The molecule has 0 aliphatic heterocycles. The first-order valence-corrected chi connectivity index (χ1v) is 2.63. The van der Waals surface area contributed by atoms with Crippen molar-refractivity contribution < 1.29 is 4.79 Å². The highest BCUT2D eigenvalue weighted by Gasteiger charge is 1.93. The Hall–Kier alpha value is -1.28. The average Bonchev–Trinajstić information content (AvgIpc) is 1.89. The number of nitriles is 1. The Kier molecular flexibility index (Phi) is 4.18. The molecule has 0 saturated carbocycles. The number of carbonyl (C=O) groups is 1. The number of Topliss-reactive ketones (excluding diaryl/α,β-unsaturated/α-hetero) is 1. The lowest BCUT2D eigenvalue weighted by Crippen LogP contribution is -1.89. The summed E-state index contributed by atoms with van der Waals surface area (Å²) in [5.74, 6) is 4.94. The molecule has 0 aliphatic rings. The van der Waals surface area contributed by atoms with E-state index in [4.69, 9.17) is 5.26 Å². The highest BCUT2D eigenvalue weighted by Crippen LogP contribution is 1.86. The summed E-state index contributed by atoms with van der Waals surface area (Å²) in [5.41, 5.74) is 0. The summed E-state index contributed by atoms with van der Waals surface area (Å²) in [4.78, 5) is 10.3. The molecule has 0 aliphatic carbocycles. The third kappa shape index (κ3) is 4.58. The van der Waals surface area contributed by atoms with Gasteiger partial charge in [0.05, 0.1) is 0 Å². The molecule has 0 N–H and O–H groups in total. The fraction of sp³-hybridized carbons (Fsp3) is 0.429. The van der Waals surface area contributed by atoms with Gasteiger partial charge in [-0.25, -0.2) is 0 Å². The van der Waals surface area contributed by atoms with E-state index in [0.29, 0.717) is 6.42 Å². The van der Waals surface area contributed by atoms with Crippen molar-refractivity contribution in [1.29, 1.82) is 5.26 Å². The minimum Gasteiger partial charge on any atom is -0.283 e. The third-order valence-corrected chi connectivity index (χ3v) is 0.779. The smallest absolute Gasteiger partial charge is 0.232 e. The Morgan fingerprint density at radius 3 is 2.78 bits per heavy atom. The summed E-state index contributed by atoms with van der Waals surface area (Å²) in [5, 5.41) is 7.99. The van der Waals surface area contributed by atoms with Crippen LogP contribution in [0.4, 0.5) is 0 Å². The van der Waals surface area contributed by atoms with Crippen molar-refractivity contribution in [2.75, 3.05) is 0 Å². The molecule has 0 saturated heterocycles. The lowest BCUT2D eigenvalue weighted by Gasteiger charge is -1.79. The predicted molar refractivity (Wildman–Crippen MR) is 33.3 cm³/mol. The van der Waals surface area contributed by atoms with Crippen molar-refractivity contribution in [3.05, 3.63) is 0 Å². The molecule has 2 heteroatoms. The normalized spacial score (nSPS) is 6.67. The quantitative estimate of drug-likeness (QED) is 0.402. The molecule has 0 radical (unpaired) electrons. The fourth-order valence-corrected chi connectivity index (χ4v) is 0.357. The molecule has 0 atom stereocenters. The topological polar surface area (TPSA) is 40.9 Å². The standard InChI is InChI=1S/C7H7NO/c1-2-3-4-5-7(9)6-8/h4-5H2,1H3. The van der Waals surface area contributed by atoms with E-state index in [9.17, 15) is 4.79 Å². The van der Waals surface area contributed by atoms with Crippen molar-refractivity contribution in [3.8, 4) is 17.9 Å². The number of carbonyl (C=O) groups excluding carboxylic acids is 1. The Labute approximate surface area is 54.5 Å². The maximum atomic E-state index is 10.3. The highest BCUT2D eigenvalue weighted by atomic mass is 16.1. The van der Waals surface area contributed by atoms with Crippen LogP contribution in [0.2, 0.25) is 0 Å². The third-order valence-electron chi connectivity index (χ3n) is 0.779. The van der Waals surface area contributed by atoms with Gasteiger partial charge >= 0.3 is 0 Å². The van der Waals surface area contributed by atoms with Gasteiger partial charge in [0.15, 0.2) is 0 Å². The van der Waals surface area contributed by atoms with Crippen LogP contribution in [0.15, 0.2) is 0 Å². The van der Waals surface area contributed by atoms with Gasteiger partial charge in [-0.05, 0) is 6.92 Å². The second kappa shape index (κ2) is 4.87. The molecule has 0 bridgehead atoms. The molecular weight excluding hydrogens is 114 g/mol. The summed E-state index contributed by atoms with van der Waals surface area (Å²) in [7, 11) is 0. The zero-order valence-corrected chi connectivity index (χ0v) is 5.27. The number of hydrogen-bond donors (Lipinski definition) is 0. The second-order valence-corrected chi connectivity index (χ2v) is 1.46. The van der Waals surface area contributed by atoms with Gasteiger partial charge in [0.2, 0.25) is 5.78 Å². The zero-order valence-electron chi connectivity index (χ0n) is 5.27. The summed E-state index contributed by atoms with van der Waals surface area (Å²) < 4.78 is 0. The maximum absolute atomic E-state index is 10.3. The van der Waals surface area contributed by atoms with Crippen molar-refractivity contribution in [2.24, 2.45) is 0 Å². The molecule has 46 valence electrons. The fourth-order valence-electron chi connectivity index (χ4n) is 0.357. The van der Waals surface area contributed by atoms with Gasteiger partial charge in [-0.3, -0.25) is 4.79 Å². The van der Waals surface area contributed by atoms with Gasteiger partial charge in [0.1, 0.15) is 6.07 Å². The molecule has 0 amide bonds. The van der Waals surface area contributed by atoms with Gasteiger partial charge < -0.3 is 0 Å². The lowest BCUT2D eigenvalue weighted by atomic mass is 10.2. The number of hydrogen-bond acceptors (Lipinski definition) is 2. The van der Waals surface area contributed by atoms with Gasteiger partial charge in [0.25, 0.3) is 0 Å². The first kappa shape index (κ1) is 7.72. The molecule has 0 spiro atoms. The SMILES string of the molecule is CC#CCCC(=O)C#N. The number of rotatable bonds is 2. The molecule has 0 aromatic rings. The molecule has 0 rings (SSSR count). The molecule has 9 heavy (non-hydrogen) atoms. The summed E-state index contributed by atoms with van der Waals surface area (Å²) in [6.07, 6.45) is 0.764. The van der Waals surface area contributed by atoms with Crippen LogP contribution in [0.3, 0.4) is 0 Å². The van der Waals surface area contributed by atoms with E-state index in [1.165, 1.54) is 6.07 Å². The Balaban J connectivity index is 3.39. The molecular formula is C7H7NO. The minimum atomic E-state index is -0.391. The van der Waals surface area contributed by atoms with Crippen molar-refractivity contribution in [3.63, 3.8) is 0 Å². The lowest BCUT2D eigenvalue weighted by molar-refractivity contribution is -0.113. The second-order valence-electron chi connectivity index (χ2n) is 1.46. The summed E-state index contributed by atoms with van der Waals surface area (Å²) in [6.45, 7) is 1.71. The van der Waals surface area contributed by atoms with Crippen molar-refractivity contribution in [2.45, 2.75) is 19.8 Å². The molecule has 0 fully saturated rings. The molecule has 2 nitrogen and oxygen atoms in total. The van der Waals surface area contributed by atoms with Crippen LogP contribution in [-0.2, 0) is 4.79 Å². The molecule has 0 aromatic carbocycles. The molecule has 0 heterocycles. The first-order chi connectivity index (χ1) is 4.31. The Morgan fingerprint density at radius 1 is 1.67 bits per heavy atom. The van der Waals surface area contributed by atoms with Crippen LogP contribution in [0.1, 0.15) is 19.8 Å². The average molecular weight is 121 g/mol. The largest absolute Gasteiger partial charge is 0.283 e. The van der Waals surface area contributed by atoms with Crippen LogP contribution >= 0.6 is 0 Å². The van der Waals surface area contributed by atoms with Crippen LogP contribution in [0.25, 0.3) is 0 Å². The molecule has 0 aromatic heterocycles. The molecule has 0 unspecified atom stereocenters. The van der Waals surface area contributed by atoms with E-state index in [-0.39, 0.29) is 6.42 Å². The monoisotopic (exact) mass is 121 g/mol. The van der Waals surface area contributed by atoms with Gasteiger partial charge in [-0.1, -0.05) is 0 Å². The van der Waals surface area contributed by atoms with E-state index in [1.54, 1.807) is 6.92 Å². The Bertz CT molecular complexity index is 189. The van der Waals surface area contributed by atoms with Gasteiger partial charge in [0, 0.05) is 12.8 Å². The number of ketones is 1. The van der Waals surface area contributed by atoms with Gasteiger partial charge in [-0.15, -0.1) is 11.8 Å². The zero-order chi connectivity index (χ0) is 7.11. The number of nitrogens with zero attached hydrogens (tertiary/aromatic N) is 1. The first-order valence-electron chi connectivity index (χ1n) is 2.63. The van der Waals surface area contributed by atoms with Gasteiger partial charge in [-0.2, -0.15) is 5.26 Å². The van der Waals surface area contributed by atoms with Crippen LogP contribution < -0.4 is 0 Å². The minimum absolute atomic E-state index is 0.261. The highest BCUT2D eigenvalue weighted by molar-refractivity contribution is 5.93. The maximum Gasteiger partial charge on any atom is 0.232 e. The van der Waals surface area contributed by atoms with E-state index in [2.05, 4.69) is 11.8 Å². The van der Waals surface area contributed by atoms with Crippen molar-refractivity contribution in [1.82, 2.24) is 0 Å². The van der Waals surface area contributed by atoms with Crippen molar-refractivity contribution >= 4 is 5.78 Å². The van der Waals surface area contributed by atoms with Crippen LogP contribution in [0, 0.1) is 23.2 Å². The summed E-state index contributed by atoms with van der Waals surface area (Å²) >= 11 is 0. The Morgan fingerprint density at radius 2 is 2.33 bits per heavy atom. The van der Waals surface area contributed by atoms with E-state index >= 15 is 0 Å². The van der Waals surface area contributed by atoms with E-state index in [1.807, 2.05) is 0 Å². The summed E-state index contributed by atoms with van der Waals surface area (Å²) in [6, 6.07) is 1.52. The van der Waals surface area contributed by atoms with Crippen LogP contribution in [0.5, 0.6) is 0 Å². The van der Waals surface area contributed by atoms with E-state index < -0.39 is 5.78 Å². The van der Waals surface area contributed by atoms with Crippen LogP contribution in [-0.4, -0.2) is 5.78 Å². The predicted octanol–water partition coefficient (Wildman–Crippen LogP) is 0.883. The van der Waals surface area contributed by atoms with E-state index in [0.717, 1.165) is 0 Å².